The number of carbonyl (C=O) groups excluding carboxylic acids is 1. The minimum Gasteiger partial charge on any atom is -0.381 e. The van der Waals surface area contributed by atoms with Crippen LogP contribution in [0, 0.1) is 5.92 Å². The van der Waals surface area contributed by atoms with Crippen LogP contribution >= 0.6 is 0 Å². The van der Waals surface area contributed by atoms with Crippen molar-refractivity contribution in [3.63, 3.8) is 0 Å². The van der Waals surface area contributed by atoms with E-state index in [0.29, 0.717) is 6.54 Å². The highest BCUT2D eigenvalue weighted by molar-refractivity contribution is 5.79. The van der Waals surface area contributed by atoms with Gasteiger partial charge in [-0.3, -0.25) is 9.59 Å². The largest absolute Gasteiger partial charge is 0.381 e. The number of rotatable bonds is 5. The summed E-state index contributed by atoms with van der Waals surface area (Å²) in [6.07, 6.45) is 9.29. The smallest absolute Gasteiger partial charge is 0.267 e. The lowest BCUT2D eigenvalue weighted by Gasteiger charge is -2.28. The number of ether oxygens (including phenoxy) is 1. The Kier molecular flexibility index (Phi) is 6.46. The van der Waals surface area contributed by atoms with Crippen molar-refractivity contribution in [1.29, 1.82) is 0 Å². The van der Waals surface area contributed by atoms with Crippen LogP contribution < -0.4 is 10.9 Å². The SMILES string of the molecule is COC1CCCC(C(=O)N[C@H](C)Cn2nc3c(cc2=O)CCCCC3)C1. The van der Waals surface area contributed by atoms with Gasteiger partial charge in [-0.2, -0.15) is 5.10 Å². The van der Waals surface area contributed by atoms with Crippen molar-refractivity contribution < 1.29 is 9.53 Å². The van der Waals surface area contributed by atoms with Gasteiger partial charge in [0.15, 0.2) is 0 Å². The number of nitrogens with zero attached hydrogens (tertiary/aromatic N) is 2. The summed E-state index contributed by atoms with van der Waals surface area (Å²) in [4.78, 5) is 24.9. The standard InChI is InChI=1S/C20H31N3O3/c1-14(21-20(25)16-8-6-9-17(11-16)26-2)13-23-19(24)12-15-7-4-3-5-10-18(15)22-23/h12,14,16-17H,3-11,13H2,1-2H3,(H,21,25)/t14-,16?,17?/m1/s1. The minimum absolute atomic E-state index is 0.00729. The number of aromatic nitrogens is 2. The number of aryl methyl sites for hydroxylation is 2. The minimum atomic E-state index is -0.126. The zero-order chi connectivity index (χ0) is 18.5. The van der Waals surface area contributed by atoms with Crippen molar-refractivity contribution in [2.75, 3.05) is 7.11 Å². The topological polar surface area (TPSA) is 73.2 Å². The first-order valence-electron chi connectivity index (χ1n) is 10.00. The number of nitrogens with one attached hydrogen (secondary N) is 1. The molecule has 3 rings (SSSR count). The quantitative estimate of drug-likeness (QED) is 0.816. The van der Waals surface area contributed by atoms with E-state index >= 15 is 0 Å². The summed E-state index contributed by atoms with van der Waals surface area (Å²) in [5, 5.41) is 7.66. The van der Waals surface area contributed by atoms with Gasteiger partial charge in [-0.05, 0) is 57.4 Å². The Bertz CT molecular complexity index is 685. The first kappa shape index (κ1) is 19.1. The van der Waals surface area contributed by atoms with Gasteiger partial charge in [-0.15, -0.1) is 0 Å². The van der Waals surface area contributed by atoms with E-state index in [9.17, 15) is 9.59 Å². The van der Waals surface area contributed by atoms with Gasteiger partial charge in [0.25, 0.3) is 5.56 Å². The summed E-state index contributed by atoms with van der Waals surface area (Å²) in [6.45, 7) is 2.35. The maximum atomic E-state index is 12.5. The summed E-state index contributed by atoms with van der Waals surface area (Å²) in [7, 11) is 1.71. The van der Waals surface area contributed by atoms with E-state index in [2.05, 4.69) is 10.4 Å². The van der Waals surface area contributed by atoms with E-state index in [1.54, 1.807) is 13.2 Å². The van der Waals surface area contributed by atoms with E-state index < -0.39 is 0 Å². The summed E-state index contributed by atoms with van der Waals surface area (Å²) in [6, 6.07) is 1.62. The predicted octanol–water partition coefficient (Wildman–Crippen LogP) is 2.22. The summed E-state index contributed by atoms with van der Waals surface area (Å²) >= 11 is 0. The van der Waals surface area contributed by atoms with Crippen LogP contribution in [-0.4, -0.2) is 34.9 Å². The van der Waals surface area contributed by atoms with Crippen molar-refractivity contribution >= 4 is 5.91 Å². The van der Waals surface area contributed by atoms with E-state index in [1.165, 1.54) is 11.1 Å². The van der Waals surface area contributed by atoms with E-state index in [-0.39, 0.29) is 29.5 Å². The second-order valence-corrected chi connectivity index (χ2v) is 7.83. The Hall–Kier alpha value is -1.69. The van der Waals surface area contributed by atoms with Crippen molar-refractivity contribution in [1.82, 2.24) is 15.1 Å². The van der Waals surface area contributed by atoms with Crippen LogP contribution in [0.4, 0.5) is 0 Å². The number of amides is 1. The van der Waals surface area contributed by atoms with Gasteiger partial charge in [0.2, 0.25) is 5.91 Å². The van der Waals surface area contributed by atoms with Crippen LogP contribution in [-0.2, 0) is 28.9 Å². The van der Waals surface area contributed by atoms with Gasteiger partial charge in [0.05, 0.1) is 18.3 Å². The van der Waals surface area contributed by atoms with E-state index in [4.69, 9.17) is 4.74 Å². The molecule has 1 aromatic rings. The normalized spacial score (nSPS) is 24.4. The van der Waals surface area contributed by atoms with E-state index in [0.717, 1.165) is 62.6 Å². The Morgan fingerprint density at radius 2 is 2.12 bits per heavy atom. The van der Waals surface area contributed by atoms with Crippen molar-refractivity contribution in [2.24, 2.45) is 5.92 Å². The fourth-order valence-corrected chi connectivity index (χ4v) is 4.17. The monoisotopic (exact) mass is 361 g/mol. The highest BCUT2D eigenvalue weighted by Crippen LogP contribution is 2.26. The molecular weight excluding hydrogens is 330 g/mol. The first-order chi connectivity index (χ1) is 12.6. The van der Waals surface area contributed by atoms with Gasteiger partial charge in [-0.25, -0.2) is 4.68 Å². The maximum absolute atomic E-state index is 12.5. The maximum Gasteiger partial charge on any atom is 0.267 e. The van der Waals surface area contributed by atoms with Gasteiger partial charge in [0, 0.05) is 25.1 Å². The Balaban J connectivity index is 1.61. The Morgan fingerprint density at radius 1 is 1.31 bits per heavy atom. The van der Waals surface area contributed by atoms with Crippen LogP contribution in [0.25, 0.3) is 0 Å². The van der Waals surface area contributed by atoms with Crippen LogP contribution in [0.3, 0.4) is 0 Å². The number of carbonyl (C=O) groups is 1. The molecule has 1 heterocycles. The number of fused-ring (bicyclic) bond motifs is 1. The second-order valence-electron chi connectivity index (χ2n) is 7.83. The Labute approximate surface area is 155 Å². The molecule has 0 saturated heterocycles. The molecule has 2 aliphatic carbocycles. The van der Waals surface area contributed by atoms with Gasteiger partial charge in [-0.1, -0.05) is 12.8 Å². The zero-order valence-electron chi connectivity index (χ0n) is 16.0. The first-order valence-corrected chi connectivity index (χ1v) is 10.00. The third-order valence-corrected chi connectivity index (χ3v) is 5.69. The van der Waals surface area contributed by atoms with Crippen molar-refractivity contribution in [3.05, 3.63) is 27.7 Å². The van der Waals surface area contributed by atoms with E-state index in [1.807, 2.05) is 6.92 Å². The van der Waals surface area contributed by atoms with Gasteiger partial charge >= 0.3 is 0 Å². The number of hydrogen-bond acceptors (Lipinski definition) is 4. The molecule has 0 aromatic carbocycles. The fraction of sp³-hybridized carbons (Fsp3) is 0.750. The lowest BCUT2D eigenvalue weighted by molar-refractivity contribution is -0.128. The summed E-state index contributed by atoms with van der Waals surface area (Å²) in [5.41, 5.74) is 2.09. The van der Waals surface area contributed by atoms with Gasteiger partial charge < -0.3 is 10.1 Å². The second kappa shape index (κ2) is 8.80. The third kappa shape index (κ3) is 4.72. The number of hydrogen-bond donors (Lipinski definition) is 1. The lowest BCUT2D eigenvalue weighted by Crippen LogP contribution is -2.43. The zero-order valence-corrected chi connectivity index (χ0v) is 16.0. The molecule has 0 radical (unpaired) electrons. The number of methoxy groups -OCH3 is 1. The van der Waals surface area contributed by atoms with Crippen molar-refractivity contribution in [2.45, 2.75) is 83.4 Å². The molecule has 26 heavy (non-hydrogen) atoms. The van der Waals surface area contributed by atoms with Gasteiger partial charge in [0.1, 0.15) is 0 Å². The molecule has 144 valence electrons. The molecule has 3 atom stereocenters. The Morgan fingerprint density at radius 3 is 2.92 bits per heavy atom. The molecule has 1 amide bonds. The molecule has 1 fully saturated rings. The third-order valence-electron chi connectivity index (χ3n) is 5.69. The average molecular weight is 361 g/mol. The molecule has 1 aromatic heterocycles. The van der Waals surface area contributed by atoms with Crippen LogP contribution in [0.15, 0.2) is 10.9 Å². The average Bonchev–Trinajstić information content (AvgIpc) is 2.87. The van der Waals surface area contributed by atoms with Crippen LogP contribution in [0.1, 0.15) is 63.1 Å². The molecule has 1 N–H and O–H groups in total. The molecule has 0 spiro atoms. The fourth-order valence-electron chi connectivity index (χ4n) is 4.17. The summed E-state index contributed by atoms with van der Waals surface area (Å²) < 4.78 is 6.94. The predicted molar refractivity (Wildman–Crippen MR) is 100 cm³/mol. The van der Waals surface area contributed by atoms with Crippen LogP contribution in [0.2, 0.25) is 0 Å². The molecule has 0 bridgehead atoms. The van der Waals surface area contributed by atoms with Crippen LogP contribution in [0.5, 0.6) is 0 Å². The molecule has 2 aliphatic rings. The lowest BCUT2D eigenvalue weighted by atomic mass is 9.86. The molecule has 0 aliphatic heterocycles. The summed E-state index contributed by atoms with van der Waals surface area (Å²) in [5.74, 6) is 0.0786. The molecule has 2 unspecified atom stereocenters. The molecule has 1 saturated carbocycles. The molecule has 6 heteroatoms. The van der Waals surface area contributed by atoms with Crippen molar-refractivity contribution in [3.8, 4) is 0 Å². The molecular formula is C20H31N3O3. The highest BCUT2D eigenvalue weighted by Gasteiger charge is 2.28. The highest BCUT2D eigenvalue weighted by atomic mass is 16.5. The molecule has 6 nitrogen and oxygen atoms in total.